The van der Waals surface area contributed by atoms with Crippen molar-refractivity contribution < 1.29 is 0 Å². The van der Waals surface area contributed by atoms with E-state index in [1.807, 2.05) is 24.3 Å². The Morgan fingerprint density at radius 2 is 1.69 bits per heavy atom. The molecule has 0 amide bonds. The van der Waals surface area contributed by atoms with E-state index in [1.165, 1.54) is 0 Å². The molecule has 0 aliphatic rings. The summed E-state index contributed by atoms with van der Waals surface area (Å²) in [5.41, 5.74) is 7.77. The number of halogens is 1. The summed E-state index contributed by atoms with van der Waals surface area (Å²) in [7, 11) is -1.02. The quantitative estimate of drug-likeness (QED) is 0.636. The van der Waals surface area contributed by atoms with Crippen molar-refractivity contribution in [1.29, 1.82) is 0 Å². The maximum absolute atomic E-state index is 5.53. The fraction of sp³-hybridized carbons (Fsp3) is 0.385. The summed E-state index contributed by atoms with van der Waals surface area (Å²) >= 11 is 0. The molecule has 1 rings (SSSR count). The molecule has 0 saturated heterocycles. The van der Waals surface area contributed by atoms with Crippen LogP contribution in [-0.4, -0.2) is 8.07 Å². The van der Waals surface area contributed by atoms with Crippen LogP contribution in [0.3, 0.4) is 0 Å². The van der Waals surface area contributed by atoms with E-state index in [0.717, 1.165) is 17.2 Å². The second-order valence-electron chi connectivity index (χ2n) is 4.94. The molecule has 0 radical (unpaired) electrons. The summed E-state index contributed by atoms with van der Waals surface area (Å²) < 4.78 is 0. The Hall–Kier alpha value is -0.753. The van der Waals surface area contributed by atoms with Crippen molar-refractivity contribution in [1.82, 2.24) is 0 Å². The number of hydrogen-bond donors (Lipinski definition) is 1. The van der Waals surface area contributed by atoms with Gasteiger partial charge in [0.05, 0.1) is 8.07 Å². The van der Waals surface area contributed by atoms with Gasteiger partial charge >= 0.3 is 0 Å². The summed E-state index contributed by atoms with van der Waals surface area (Å²) in [5, 5.41) is 0. The van der Waals surface area contributed by atoms with Gasteiger partial charge in [-0.25, -0.2) is 0 Å². The molecule has 0 spiro atoms. The Kier molecular flexibility index (Phi) is 6.43. The van der Waals surface area contributed by atoms with E-state index in [2.05, 4.69) is 31.5 Å². The molecule has 0 heterocycles. The van der Waals surface area contributed by atoms with Gasteiger partial charge in [-0.15, -0.1) is 18.3 Å². The smallest absolute Gasteiger partial charge is 0.0573 e. The van der Waals surface area contributed by atoms with E-state index in [9.17, 15) is 0 Å². The zero-order valence-electron chi connectivity index (χ0n) is 10.2. The van der Waals surface area contributed by atoms with Crippen LogP contribution in [0.25, 0.3) is 0 Å². The number of nitrogens with two attached hydrogens (primary N) is 1. The van der Waals surface area contributed by atoms with Gasteiger partial charge in [-0.3, -0.25) is 0 Å². The Bertz CT molecular complexity index is 368. The lowest BCUT2D eigenvalue weighted by molar-refractivity contribution is 1.07. The van der Waals surface area contributed by atoms with Crippen LogP contribution < -0.4 is 5.73 Å². The van der Waals surface area contributed by atoms with E-state index in [1.54, 1.807) is 0 Å². The first-order valence-corrected chi connectivity index (χ1v) is 9.00. The zero-order valence-corrected chi connectivity index (χ0v) is 12.0. The third-order valence-corrected chi connectivity index (χ3v) is 3.28. The number of rotatable bonds is 2. The van der Waals surface area contributed by atoms with E-state index in [-0.39, 0.29) is 12.4 Å². The van der Waals surface area contributed by atoms with Gasteiger partial charge in [0, 0.05) is 18.2 Å². The zero-order chi connectivity index (χ0) is 11.3. The van der Waals surface area contributed by atoms with Gasteiger partial charge < -0.3 is 5.73 Å². The van der Waals surface area contributed by atoms with Gasteiger partial charge in [-0.05, 0) is 17.7 Å². The van der Waals surface area contributed by atoms with Gasteiger partial charge in [0.1, 0.15) is 0 Å². The van der Waals surface area contributed by atoms with Crippen molar-refractivity contribution in [2.24, 2.45) is 5.73 Å². The monoisotopic (exact) mass is 253 g/mol. The predicted octanol–water partition coefficient (Wildman–Crippen LogP) is 3.26. The van der Waals surface area contributed by atoms with Crippen LogP contribution in [0.2, 0.25) is 25.7 Å². The van der Waals surface area contributed by atoms with Crippen LogP contribution in [0.5, 0.6) is 0 Å². The molecule has 0 bridgehead atoms. The second-order valence-corrected chi connectivity index (χ2v) is 10.4. The minimum atomic E-state index is -1.02. The van der Waals surface area contributed by atoms with Crippen LogP contribution in [-0.2, 0) is 6.54 Å². The van der Waals surface area contributed by atoms with Gasteiger partial charge in [-0.2, -0.15) is 0 Å². The standard InChI is InChI=1S/C13H19NSi.ClH/c1-15(2,3)10-4-5-12-6-8-13(11-14)9-7-12;/h6-9H,10-11,14H2,1-3H3;1H. The summed E-state index contributed by atoms with van der Waals surface area (Å²) in [5.74, 6) is 6.46. The Balaban J connectivity index is 0.00000225. The Morgan fingerprint density at radius 3 is 2.12 bits per heavy atom. The third kappa shape index (κ3) is 5.97. The molecule has 1 nitrogen and oxygen atoms in total. The highest BCUT2D eigenvalue weighted by molar-refractivity contribution is 6.76. The lowest BCUT2D eigenvalue weighted by Crippen LogP contribution is -2.17. The Labute approximate surface area is 106 Å². The van der Waals surface area contributed by atoms with Gasteiger partial charge in [-0.1, -0.05) is 37.7 Å². The normalized spacial score (nSPS) is 10.0. The predicted molar refractivity (Wildman–Crippen MR) is 76.6 cm³/mol. The Morgan fingerprint density at radius 1 is 1.12 bits per heavy atom. The fourth-order valence-corrected chi connectivity index (χ4v) is 1.75. The van der Waals surface area contributed by atoms with Crippen molar-refractivity contribution in [3.63, 3.8) is 0 Å². The van der Waals surface area contributed by atoms with Crippen LogP contribution in [0, 0.1) is 11.8 Å². The van der Waals surface area contributed by atoms with E-state index in [4.69, 9.17) is 5.73 Å². The average Bonchev–Trinajstić information content (AvgIpc) is 2.17. The van der Waals surface area contributed by atoms with E-state index >= 15 is 0 Å². The lowest BCUT2D eigenvalue weighted by Gasteiger charge is -2.09. The molecule has 0 aliphatic heterocycles. The van der Waals surface area contributed by atoms with Gasteiger partial charge in [0.25, 0.3) is 0 Å². The molecule has 0 saturated carbocycles. The first-order chi connectivity index (χ1) is 7.01. The molecular weight excluding hydrogens is 234 g/mol. The highest BCUT2D eigenvalue weighted by atomic mass is 35.5. The lowest BCUT2D eigenvalue weighted by atomic mass is 10.1. The largest absolute Gasteiger partial charge is 0.326 e. The molecule has 3 heteroatoms. The first-order valence-electron chi connectivity index (χ1n) is 5.29. The molecule has 0 aromatic heterocycles. The van der Waals surface area contributed by atoms with Crippen LogP contribution >= 0.6 is 12.4 Å². The summed E-state index contributed by atoms with van der Waals surface area (Å²) in [6.07, 6.45) is 0. The maximum Gasteiger partial charge on any atom is 0.0573 e. The van der Waals surface area contributed by atoms with E-state index < -0.39 is 8.07 Å². The molecule has 88 valence electrons. The minimum Gasteiger partial charge on any atom is -0.326 e. The van der Waals surface area contributed by atoms with Crippen molar-refractivity contribution in [3.8, 4) is 11.8 Å². The summed E-state index contributed by atoms with van der Waals surface area (Å²) in [6.45, 7) is 7.60. The number of benzene rings is 1. The van der Waals surface area contributed by atoms with Crippen molar-refractivity contribution >= 4 is 20.5 Å². The molecule has 0 unspecified atom stereocenters. The number of hydrogen-bond acceptors (Lipinski definition) is 1. The van der Waals surface area contributed by atoms with Gasteiger partial charge in [0.15, 0.2) is 0 Å². The fourth-order valence-electron chi connectivity index (χ4n) is 1.14. The average molecular weight is 254 g/mol. The summed E-state index contributed by atoms with van der Waals surface area (Å²) in [6, 6.07) is 9.22. The summed E-state index contributed by atoms with van der Waals surface area (Å²) in [4.78, 5) is 0. The molecular formula is C13H20ClNSi. The maximum atomic E-state index is 5.53. The molecule has 16 heavy (non-hydrogen) atoms. The first kappa shape index (κ1) is 15.2. The molecule has 0 atom stereocenters. The van der Waals surface area contributed by atoms with Crippen molar-refractivity contribution in [2.45, 2.75) is 32.2 Å². The van der Waals surface area contributed by atoms with E-state index in [0.29, 0.717) is 6.54 Å². The molecule has 0 aliphatic carbocycles. The highest BCUT2D eigenvalue weighted by Gasteiger charge is 2.09. The van der Waals surface area contributed by atoms with Crippen LogP contribution in [0.1, 0.15) is 11.1 Å². The third-order valence-electron chi connectivity index (χ3n) is 2.04. The second kappa shape index (κ2) is 6.75. The topological polar surface area (TPSA) is 26.0 Å². The molecule has 0 fully saturated rings. The molecule has 1 aromatic rings. The molecule has 2 N–H and O–H groups in total. The van der Waals surface area contributed by atoms with Gasteiger partial charge in [0.2, 0.25) is 0 Å². The minimum absolute atomic E-state index is 0. The molecule has 1 aromatic carbocycles. The van der Waals surface area contributed by atoms with Crippen molar-refractivity contribution in [3.05, 3.63) is 35.4 Å². The SMILES string of the molecule is C[Si](C)(C)CC#Cc1ccc(CN)cc1.Cl. The van der Waals surface area contributed by atoms with Crippen molar-refractivity contribution in [2.75, 3.05) is 0 Å². The van der Waals surface area contributed by atoms with Crippen LogP contribution in [0.15, 0.2) is 24.3 Å². The van der Waals surface area contributed by atoms with Crippen LogP contribution in [0.4, 0.5) is 0 Å². The highest BCUT2D eigenvalue weighted by Crippen LogP contribution is 2.07.